The molecule has 0 saturated carbocycles. The summed E-state index contributed by atoms with van der Waals surface area (Å²) in [6, 6.07) is 6.76. The summed E-state index contributed by atoms with van der Waals surface area (Å²) in [7, 11) is 0. The Kier molecular flexibility index (Phi) is 3.77. The minimum absolute atomic E-state index is 0.0765. The molecular weight excluding hydrogens is 230 g/mol. The highest BCUT2D eigenvalue weighted by molar-refractivity contribution is 6.42. The van der Waals surface area contributed by atoms with Crippen molar-refractivity contribution in [3.63, 3.8) is 0 Å². The van der Waals surface area contributed by atoms with Gasteiger partial charge in [0, 0.05) is 12.1 Å². The van der Waals surface area contributed by atoms with E-state index in [1.54, 1.807) is 12.1 Å². The van der Waals surface area contributed by atoms with E-state index in [-0.39, 0.29) is 12.6 Å². The minimum atomic E-state index is -0.504. The number of hydrogen-bond acceptors (Lipinski definition) is 3. The first-order valence-corrected chi connectivity index (χ1v) is 6.16. The smallest absolute Gasteiger partial charge is 0.295 e. The Morgan fingerprint density at radius 3 is 2.61 bits per heavy atom. The third-order valence-corrected chi connectivity index (χ3v) is 3.36. The second-order valence-electron chi connectivity index (χ2n) is 4.67. The number of hydrogen-bond donors (Lipinski definition) is 1. The van der Waals surface area contributed by atoms with Crippen molar-refractivity contribution in [1.82, 2.24) is 4.90 Å². The molecule has 1 aliphatic rings. The highest BCUT2D eigenvalue weighted by atomic mass is 16.3. The van der Waals surface area contributed by atoms with Crippen molar-refractivity contribution in [2.24, 2.45) is 0 Å². The molecule has 0 spiro atoms. The number of rotatable bonds is 3. The van der Waals surface area contributed by atoms with Crippen LogP contribution in [-0.4, -0.2) is 40.9 Å². The van der Waals surface area contributed by atoms with E-state index in [0.29, 0.717) is 12.1 Å². The molecule has 1 aromatic carbocycles. The van der Waals surface area contributed by atoms with Gasteiger partial charge in [0.1, 0.15) is 0 Å². The highest BCUT2D eigenvalue weighted by Gasteiger charge is 2.32. The largest absolute Gasteiger partial charge is 0.394 e. The van der Waals surface area contributed by atoms with Crippen molar-refractivity contribution in [2.75, 3.05) is 13.2 Å². The number of ketones is 1. The molecule has 1 saturated heterocycles. The molecule has 0 radical (unpaired) electrons. The van der Waals surface area contributed by atoms with Crippen molar-refractivity contribution >= 4 is 11.7 Å². The van der Waals surface area contributed by atoms with E-state index in [1.807, 2.05) is 19.1 Å². The molecule has 4 heteroatoms. The Balaban J connectivity index is 2.13. The van der Waals surface area contributed by atoms with Crippen LogP contribution in [0.2, 0.25) is 0 Å². The zero-order chi connectivity index (χ0) is 13.1. The molecule has 18 heavy (non-hydrogen) atoms. The molecule has 1 atom stereocenters. The summed E-state index contributed by atoms with van der Waals surface area (Å²) in [4.78, 5) is 25.6. The summed E-state index contributed by atoms with van der Waals surface area (Å²) in [5.74, 6) is -0.995. The van der Waals surface area contributed by atoms with E-state index in [4.69, 9.17) is 5.11 Å². The maximum atomic E-state index is 12.1. The van der Waals surface area contributed by atoms with Gasteiger partial charge < -0.3 is 10.0 Å². The Labute approximate surface area is 106 Å². The number of nitrogens with zero attached hydrogens (tertiary/aromatic N) is 1. The molecule has 1 aromatic rings. The highest BCUT2D eigenvalue weighted by Crippen LogP contribution is 2.18. The maximum absolute atomic E-state index is 12.1. The Bertz CT molecular complexity index is 453. The van der Waals surface area contributed by atoms with Crippen LogP contribution in [0.5, 0.6) is 0 Å². The van der Waals surface area contributed by atoms with Gasteiger partial charge in [-0.15, -0.1) is 0 Å². The second kappa shape index (κ2) is 5.31. The predicted molar refractivity (Wildman–Crippen MR) is 67.3 cm³/mol. The SMILES string of the molecule is Cc1ccc(C(=O)C(=O)N2CCC[C@@H]2CO)cc1. The first kappa shape index (κ1) is 12.8. The summed E-state index contributed by atoms with van der Waals surface area (Å²) in [5, 5.41) is 9.17. The lowest BCUT2D eigenvalue weighted by Crippen LogP contribution is -2.41. The fourth-order valence-corrected chi connectivity index (χ4v) is 2.25. The van der Waals surface area contributed by atoms with Crippen LogP contribution in [0.3, 0.4) is 0 Å². The topological polar surface area (TPSA) is 57.6 Å². The summed E-state index contributed by atoms with van der Waals surface area (Å²) in [6.45, 7) is 2.41. The molecule has 0 aromatic heterocycles. The van der Waals surface area contributed by atoms with Crippen molar-refractivity contribution in [3.05, 3.63) is 35.4 Å². The Hall–Kier alpha value is -1.68. The predicted octanol–water partition coefficient (Wildman–Crippen LogP) is 1.16. The molecule has 4 nitrogen and oxygen atoms in total. The van der Waals surface area contributed by atoms with Crippen LogP contribution in [0.1, 0.15) is 28.8 Å². The van der Waals surface area contributed by atoms with Crippen LogP contribution in [0, 0.1) is 6.92 Å². The van der Waals surface area contributed by atoms with E-state index < -0.39 is 11.7 Å². The first-order valence-electron chi connectivity index (χ1n) is 6.16. The molecular formula is C14H17NO3. The van der Waals surface area contributed by atoms with Crippen LogP contribution in [-0.2, 0) is 4.79 Å². The molecule has 1 heterocycles. The van der Waals surface area contributed by atoms with Crippen molar-refractivity contribution in [3.8, 4) is 0 Å². The van der Waals surface area contributed by atoms with Crippen LogP contribution < -0.4 is 0 Å². The number of Topliss-reactive ketones (excluding diaryl/α,β-unsaturated/α-hetero) is 1. The number of aliphatic hydroxyl groups excluding tert-OH is 1. The molecule has 96 valence electrons. The molecule has 1 amide bonds. The number of aliphatic hydroxyl groups is 1. The molecule has 1 aliphatic heterocycles. The summed E-state index contributed by atoms with van der Waals surface area (Å²) >= 11 is 0. The standard InChI is InChI=1S/C14H17NO3/c1-10-4-6-11(7-5-10)13(17)14(18)15-8-2-3-12(15)9-16/h4-7,12,16H,2-3,8-9H2,1H3/t12-/m1/s1. The number of carbonyl (C=O) groups excluding carboxylic acids is 2. The average Bonchev–Trinajstić information content (AvgIpc) is 2.86. The van der Waals surface area contributed by atoms with Crippen LogP contribution in [0.25, 0.3) is 0 Å². The van der Waals surface area contributed by atoms with Crippen LogP contribution in [0.15, 0.2) is 24.3 Å². The van der Waals surface area contributed by atoms with Gasteiger partial charge in [0.15, 0.2) is 0 Å². The number of benzene rings is 1. The lowest BCUT2D eigenvalue weighted by molar-refractivity contribution is -0.127. The molecule has 2 rings (SSSR count). The fourth-order valence-electron chi connectivity index (χ4n) is 2.25. The van der Waals surface area contributed by atoms with Crippen molar-refractivity contribution in [1.29, 1.82) is 0 Å². The Morgan fingerprint density at radius 1 is 1.33 bits per heavy atom. The normalized spacial score (nSPS) is 19.0. The van der Waals surface area contributed by atoms with Crippen LogP contribution >= 0.6 is 0 Å². The molecule has 1 N–H and O–H groups in total. The number of likely N-dealkylation sites (tertiary alicyclic amines) is 1. The van der Waals surface area contributed by atoms with E-state index in [2.05, 4.69) is 0 Å². The third-order valence-electron chi connectivity index (χ3n) is 3.36. The van der Waals surface area contributed by atoms with Crippen molar-refractivity contribution in [2.45, 2.75) is 25.8 Å². The quantitative estimate of drug-likeness (QED) is 0.644. The van der Waals surface area contributed by atoms with Gasteiger partial charge >= 0.3 is 0 Å². The van der Waals surface area contributed by atoms with E-state index in [9.17, 15) is 9.59 Å². The third kappa shape index (κ3) is 2.43. The van der Waals surface area contributed by atoms with Crippen LogP contribution in [0.4, 0.5) is 0 Å². The number of aryl methyl sites for hydroxylation is 1. The monoisotopic (exact) mass is 247 g/mol. The zero-order valence-electron chi connectivity index (χ0n) is 10.4. The van der Waals surface area contributed by atoms with Gasteiger partial charge in [0.25, 0.3) is 5.91 Å². The van der Waals surface area contributed by atoms with E-state index in [1.165, 1.54) is 4.90 Å². The minimum Gasteiger partial charge on any atom is -0.394 e. The molecule has 0 aliphatic carbocycles. The first-order chi connectivity index (χ1) is 8.63. The van der Waals surface area contributed by atoms with Gasteiger partial charge in [-0.3, -0.25) is 9.59 Å². The molecule has 1 fully saturated rings. The zero-order valence-corrected chi connectivity index (χ0v) is 10.4. The van der Waals surface area contributed by atoms with Gasteiger partial charge in [0.05, 0.1) is 12.6 Å². The lowest BCUT2D eigenvalue weighted by Gasteiger charge is -2.22. The maximum Gasteiger partial charge on any atom is 0.295 e. The second-order valence-corrected chi connectivity index (χ2v) is 4.67. The van der Waals surface area contributed by atoms with Gasteiger partial charge in [-0.25, -0.2) is 0 Å². The van der Waals surface area contributed by atoms with Gasteiger partial charge in [0.2, 0.25) is 5.78 Å². The average molecular weight is 247 g/mol. The van der Waals surface area contributed by atoms with Gasteiger partial charge in [-0.1, -0.05) is 29.8 Å². The summed E-state index contributed by atoms with van der Waals surface area (Å²) in [6.07, 6.45) is 1.61. The van der Waals surface area contributed by atoms with Gasteiger partial charge in [-0.2, -0.15) is 0 Å². The molecule has 0 bridgehead atoms. The van der Waals surface area contributed by atoms with Gasteiger partial charge in [-0.05, 0) is 19.8 Å². The fraction of sp³-hybridized carbons (Fsp3) is 0.429. The van der Waals surface area contributed by atoms with E-state index >= 15 is 0 Å². The lowest BCUT2D eigenvalue weighted by atomic mass is 10.1. The Morgan fingerprint density at radius 2 is 2.00 bits per heavy atom. The summed E-state index contributed by atoms with van der Waals surface area (Å²) < 4.78 is 0. The number of amides is 1. The van der Waals surface area contributed by atoms with E-state index in [0.717, 1.165) is 18.4 Å². The summed E-state index contributed by atoms with van der Waals surface area (Å²) in [5.41, 5.74) is 1.46. The van der Waals surface area contributed by atoms with Crippen molar-refractivity contribution < 1.29 is 14.7 Å². The number of carbonyl (C=O) groups is 2. The molecule has 0 unspecified atom stereocenters.